The molecule has 2 aromatic heterocycles. The SMILES string of the molecule is Cc1ccc(-n2c(S[C@@H](C)C(=O)Nc3cccc(C#N)c3)nc3ccccc3c2=O)nc1. The zero-order valence-electron chi connectivity index (χ0n) is 17.4. The molecule has 8 heteroatoms. The summed E-state index contributed by atoms with van der Waals surface area (Å²) >= 11 is 1.17. The minimum absolute atomic E-state index is 0.246. The molecule has 0 saturated heterocycles. The molecule has 2 heterocycles. The van der Waals surface area contributed by atoms with Gasteiger partial charge in [-0.3, -0.25) is 9.59 Å². The fourth-order valence-electron chi connectivity index (χ4n) is 3.11. The second kappa shape index (κ2) is 9.04. The monoisotopic (exact) mass is 441 g/mol. The number of benzene rings is 2. The lowest BCUT2D eigenvalue weighted by atomic mass is 10.2. The number of nitriles is 1. The number of para-hydroxylation sites is 1. The minimum Gasteiger partial charge on any atom is -0.325 e. The Kier molecular flexibility index (Phi) is 6.01. The smallest absolute Gasteiger partial charge is 0.267 e. The summed E-state index contributed by atoms with van der Waals surface area (Å²) in [5.41, 5.74) is 2.27. The Bertz CT molecular complexity index is 1410. The maximum absolute atomic E-state index is 13.3. The van der Waals surface area contributed by atoms with Gasteiger partial charge in [-0.25, -0.2) is 14.5 Å². The number of hydrogen-bond donors (Lipinski definition) is 1. The fraction of sp³-hybridized carbons (Fsp3) is 0.125. The Morgan fingerprint density at radius 2 is 1.97 bits per heavy atom. The van der Waals surface area contributed by atoms with E-state index in [9.17, 15) is 9.59 Å². The molecule has 0 fully saturated rings. The number of nitrogens with one attached hydrogen (secondary N) is 1. The van der Waals surface area contributed by atoms with Crippen LogP contribution in [0.25, 0.3) is 16.7 Å². The van der Waals surface area contributed by atoms with E-state index in [4.69, 9.17) is 5.26 Å². The van der Waals surface area contributed by atoms with Crippen molar-refractivity contribution in [1.82, 2.24) is 14.5 Å². The van der Waals surface area contributed by atoms with E-state index in [1.165, 1.54) is 16.3 Å². The lowest BCUT2D eigenvalue weighted by Crippen LogP contribution is -2.26. The third kappa shape index (κ3) is 4.38. The molecule has 1 N–H and O–H groups in total. The van der Waals surface area contributed by atoms with E-state index in [0.717, 1.165) is 5.56 Å². The van der Waals surface area contributed by atoms with Gasteiger partial charge in [0.2, 0.25) is 5.91 Å². The zero-order valence-corrected chi connectivity index (χ0v) is 18.3. The number of pyridine rings is 1. The van der Waals surface area contributed by atoms with E-state index in [2.05, 4.69) is 21.4 Å². The molecule has 4 rings (SSSR count). The number of aromatic nitrogens is 3. The van der Waals surface area contributed by atoms with Crippen molar-refractivity contribution in [1.29, 1.82) is 5.26 Å². The standard InChI is InChI=1S/C24H19N5O2S/c1-15-10-11-21(26-14-15)29-23(31)19-8-3-4-9-20(19)28-24(29)32-16(2)22(30)27-18-7-5-6-17(12-18)13-25/h3-12,14,16H,1-2H3,(H,27,30)/t16-/m0/s1. The lowest BCUT2D eigenvalue weighted by Gasteiger charge is -2.16. The van der Waals surface area contributed by atoms with Crippen molar-refractivity contribution in [2.75, 3.05) is 5.32 Å². The van der Waals surface area contributed by atoms with Crippen molar-refractivity contribution >= 4 is 34.3 Å². The van der Waals surface area contributed by atoms with Gasteiger partial charge >= 0.3 is 0 Å². The van der Waals surface area contributed by atoms with Crippen LogP contribution in [0.3, 0.4) is 0 Å². The van der Waals surface area contributed by atoms with Crippen LogP contribution in [0.4, 0.5) is 5.69 Å². The van der Waals surface area contributed by atoms with E-state index >= 15 is 0 Å². The highest BCUT2D eigenvalue weighted by atomic mass is 32.2. The molecule has 0 bridgehead atoms. The molecule has 7 nitrogen and oxygen atoms in total. The quantitative estimate of drug-likeness (QED) is 0.370. The predicted molar refractivity (Wildman–Crippen MR) is 125 cm³/mol. The van der Waals surface area contributed by atoms with Crippen LogP contribution in [0.1, 0.15) is 18.1 Å². The summed E-state index contributed by atoms with van der Waals surface area (Å²) in [5, 5.41) is 12.2. The number of rotatable bonds is 5. The summed E-state index contributed by atoms with van der Waals surface area (Å²) in [6, 6.07) is 19.5. The van der Waals surface area contributed by atoms with Crippen LogP contribution < -0.4 is 10.9 Å². The molecule has 4 aromatic rings. The molecule has 0 radical (unpaired) electrons. The maximum Gasteiger partial charge on any atom is 0.267 e. The highest BCUT2D eigenvalue weighted by Gasteiger charge is 2.21. The number of fused-ring (bicyclic) bond motifs is 1. The first-order valence-corrected chi connectivity index (χ1v) is 10.8. The van der Waals surface area contributed by atoms with E-state index in [1.807, 2.05) is 19.1 Å². The Labute approximate surface area is 188 Å². The first-order valence-electron chi connectivity index (χ1n) is 9.89. The van der Waals surface area contributed by atoms with Crippen LogP contribution in [-0.2, 0) is 4.79 Å². The number of aryl methyl sites for hydroxylation is 1. The molecule has 0 spiro atoms. The average Bonchev–Trinajstić information content (AvgIpc) is 2.80. The van der Waals surface area contributed by atoms with E-state index in [1.54, 1.807) is 61.7 Å². The van der Waals surface area contributed by atoms with Gasteiger partial charge in [-0.15, -0.1) is 0 Å². The highest BCUT2D eigenvalue weighted by molar-refractivity contribution is 8.00. The Morgan fingerprint density at radius 1 is 1.16 bits per heavy atom. The van der Waals surface area contributed by atoms with Crippen molar-refractivity contribution < 1.29 is 4.79 Å². The second-order valence-corrected chi connectivity index (χ2v) is 8.50. The van der Waals surface area contributed by atoms with Gasteiger partial charge in [-0.1, -0.05) is 36.0 Å². The Balaban J connectivity index is 1.70. The largest absolute Gasteiger partial charge is 0.325 e. The van der Waals surface area contributed by atoms with Gasteiger partial charge in [-0.05, 0) is 55.8 Å². The number of carbonyl (C=O) groups excluding carboxylic acids is 1. The van der Waals surface area contributed by atoms with Crippen LogP contribution in [0.2, 0.25) is 0 Å². The van der Waals surface area contributed by atoms with Gasteiger partial charge in [0.25, 0.3) is 5.56 Å². The molecule has 0 aliphatic heterocycles. The maximum atomic E-state index is 13.3. The molecule has 0 aliphatic carbocycles. The fourth-order valence-corrected chi connectivity index (χ4v) is 4.02. The minimum atomic E-state index is -0.564. The first kappa shape index (κ1) is 21.3. The second-order valence-electron chi connectivity index (χ2n) is 7.19. The molecular formula is C24H19N5O2S. The Hall–Kier alpha value is -3.96. The van der Waals surface area contributed by atoms with Crippen molar-refractivity contribution in [2.24, 2.45) is 0 Å². The predicted octanol–water partition coefficient (Wildman–Crippen LogP) is 4.08. The van der Waals surface area contributed by atoms with E-state index in [0.29, 0.717) is 33.1 Å². The van der Waals surface area contributed by atoms with Crippen LogP contribution in [0.5, 0.6) is 0 Å². The van der Waals surface area contributed by atoms with Gasteiger partial charge in [-0.2, -0.15) is 5.26 Å². The third-order valence-electron chi connectivity index (χ3n) is 4.78. The molecule has 158 valence electrons. The summed E-state index contributed by atoms with van der Waals surface area (Å²) in [6.07, 6.45) is 1.68. The normalized spacial score (nSPS) is 11.7. The molecule has 2 aromatic carbocycles. The lowest BCUT2D eigenvalue weighted by molar-refractivity contribution is -0.115. The van der Waals surface area contributed by atoms with E-state index < -0.39 is 5.25 Å². The number of thioether (sulfide) groups is 1. The van der Waals surface area contributed by atoms with Gasteiger partial charge in [0.05, 0.1) is 27.8 Å². The number of carbonyl (C=O) groups is 1. The van der Waals surface area contributed by atoms with Crippen LogP contribution in [0.15, 0.2) is 76.8 Å². The van der Waals surface area contributed by atoms with Crippen molar-refractivity contribution in [3.05, 3.63) is 88.3 Å². The first-order chi connectivity index (χ1) is 15.5. The van der Waals surface area contributed by atoms with E-state index in [-0.39, 0.29) is 11.5 Å². The number of hydrogen-bond acceptors (Lipinski definition) is 6. The molecule has 1 atom stereocenters. The number of anilines is 1. The van der Waals surface area contributed by atoms with Crippen LogP contribution in [-0.4, -0.2) is 25.7 Å². The molecular weight excluding hydrogens is 422 g/mol. The van der Waals surface area contributed by atoms with Crippen LogP contribution in [0, 0.1) is 18.3 Å². The summed E-state index contributed by atoms with van der Waals surface area (Å²) in [5.74, 6) is 0.173. The summed E-state index contributed by atoms with van der Waals surface area (Å²) in [7, 11) is 0. The van der Waals surface area contributed by atoms with Gasteiger partial charge < -0.3 is 5.32 Å². The molecule has 32 heavy (non-hydrogen) atoms. The van der Waals surface area contributed by atoms with Crippen molar-refractivity contribution in [3.63, 3.8) is 0 Å². The van der Waals surface area contributed by atoms with Gasteiger partial charge in [0.15, 0.2) is 5.16 Å². The molecule has 0 unspecified atom stereocenters. The molecule has 0 saturated carbocycles. The number of amides is 1. The highest BCUT2D eigenvalue weighted by Crippen LogP contribution is 2.25. The Morgan fingerprint density at radius 3 is 2.72 bits per heavy atom. The summed E-state index contributed by atoms with van der Waals surface area (Å²) in [6.45, 7) is 3.66. The summed E-state index contributed by atoms with van der Waals surface area (Å²) in [4.78, 5) is 35.1. The van der Waals surface area contributed by atoms with Gasteiger partial charge in [0, 0.05) is 11.9 Å². The summed E-state index contributed by atoms with van der Waals surface area (Å²) < 4.78 is 1.44. The zero-order chi connectivity index (χ0) is 22.7. The number of nitrogens with zero attached hydrogens (tertiary/aromatic N) is 4. The molecule has 0 aliphatic rings. The molecule has 1 amide bonds. The van der Waals surface area contributed by atoms with Gasteiger partial charge in [0.1, 0.15) is 5.82 Å². The van der Waals surface area contributed by atoms with Crippen LogP contribution >= 0.6 is 11.8 Å². The third-order valence-corrected chi connectivity index (χ3v) is 5.83. The van der Waals surface area contributed by atoms with Crippen molar-refractivity contribution in [3.8, 4) is 11.9 Å². The van der Waals surface area contributed by atoms with Crippen molar-refractivity contribution in [2.45, 2.75) is 24.3 Å². The topological polar surface area (TPSA) is 101 Å². The average molecular weight is 442 g/mol.